The molecule has 1 fully saturated rings. The lowest BCUT2D eigenvalue weighted by Gasteiger charge is -2.36. The Morgan fingerprint density at radius 3 is 2.59 bits per heavy atom. The summed E-state index contributed by atoms with van der Waals surface area (Å²) in [6.07, 6.45) is 6.03. The van der Waals surface area contributed by atoms with Crippen LogP contribution < -0.4 is 10.1 Å². The Bertz CT molecular complexity index is 797. The van der Waals surface area contributed by atoms with E-state index in [2.05, 4.69) is 37.4 Å². The minimum absolute atomic E-state index is 0.0612. The third-order valence-electron chi connectivity index (χ3n) is 5.36. The van der Waals surface area contributed by atoms with Gasteiger partial charge >= 0.3 is 0 Å². The number of hydrogen-bond donors (Lipinski definition) is 1. The first-order chi connectivity index (χ1) is 13.0. The second-order valence-electron chi connectivity index (χ2n) is 7.46. The Hall–Kier alpha value is -2.00. The zero-order valence-corrected chi connectivity index (χ0v) is 16.9. The highest BCUT2D eigenvalue weighted by Crippen LogP contribution is 2.41. The fourth-order valence-electron chi connectivity index (χ4n) is 3.90. The molecule has 3 nitrogen and oxygen atoms in total. The summed E-state index contributed by atoms with van der Waals surface area (Å²) in [5.41, 5.74) is 2.56. The number of carbonyl (C=O) groups is 1. The van der Waals surface area contributed by atoms with E-state index in [1.807, 2.05) is 18.2 Å². The molecule has 3 rings (SSSR count). The van der Waals surface area contributed by atoms with Crippen LogP contribution in [0.3, 0.4) is 0 Å². The highest BCUT2D eigenvalue weighted by Gasteiger charge is 2.41. The number of anilines is 1. The molecule has 1 N–H and O–H groups in total. The van der Waals surface area contributed by atoms with Gasteiger partial charge < -0.3 is 10.1 Å². The lowest BCUT2D eigenvalue weighted by molar-refractivity contribution is -0.122. The van der Waals surface area contributed by atoms with Gasteiger partial charge in [-0.1, -0.05) is 67.6 Å². The minimum Gasteiger partial charge on any atom is -0.492 e. The van der Waals surface area contributed by atoms with Gasteiger partial charge in [-0.05, 0) is 49.9 Å². The van der Waals surface area contributed by atoms with Crippen LogP contribution in [0.1, 0.15) is 56.6 Å². The number of halogens is 1. The van der Waals surface area contributed by atoms with Crippen LogP contribution >= 0.6 is 11.6 Å². The Balaban J connectivity index is 1.84. The minimum atomic E-state index is -0.464. The van der Waals surface area contributed by atoms with Crippen molar-refractivity contribution in [2.75, 3.05) is 11.9 Å². The smallest absolute Gasteiger partial charge is 0.235 e. The van der Waals surface area contributed by atoms with E-state index in [9.17, 15) is 4.79 Å². The van der Waals surface area contributed by atoms with Crippen molar-refractivity contribution in [2.24, 2.45) is 0 Å². The summed E-state index contributed by atoms with van der Waals surface area (Å²) < 4.78 is 5.62. The number of carbonyl (C=O) groups excluding carboxylic acids is 1. The van der Waals surface area contributed by atoms with E-state index in [4.69, 9.17) is 16.3 Å². The molecule has 0 aliphatic heterocycles. The van der Waals surface area contributed by atoms with Gasteiger partial charge in [0.25, 0.3) is 0 Å². The summed E-state index contributed by atoms with van der Waals surface area (Å²) >= 11 is 6.33. The van der Waals surface area contributed by atoms with Crippen molar-refractivity contribution in [2.45, 2.75) is 57.8 Å². The SMILES string of the molecule is CCCOc1ccc(NC(=O)C2(c3cccc(C)c3)CCCCC2)cc1Cl. The van der Waals surface area contributed by atoms with Gasteiger partial charge in [-0.25, -0.2) is 0 Å². The summed E-state index contributed by atoms with van der Waals surface area (Å²) in [5, 5.41) is 3.64. The predicted octanol–water partition coefficient (Wildman–Crippen LogP) is 6.28. The standard InChI is InChI=1S/C23H28ClNO2/c1-3-14-27-21-11-10-19(16-20(21)24)25-22(26)23(12-5-4-6-13-23)18-9-7-8-17(2)15-18/h7-11,15-16H,3-6,12-14H2,1-2H3,(H,25,26). The van der Waals surface area contributed by atoms with Gasteiger partial charge in [-0.2, -0.15) is 0 Å². The molecule has 0 aromatic heterocycles. The van der Waals surface area contributed by atoms with E-state index in [0.717, 1.165) is 37.7 Å². The van der Waals surface area contributed by atoms with E-state index in [0.29, 0.717) is 23.1 Å². The molecule has 0 atom stereocenters. The maximum Gasteiger partial charge on any atom is 0.235 e. The summed E-state index contributed by atoms with van der Waals surface area (Å²) in [5.74, 6) is 0.716. The van der Waals surface area contributed by atoms with Gasteiger partial charge in [0.15, 0.2) is 0 Å². The van der Waals surface area contributed by atoms with Crippen LogP contribution in [0, 0.1) is 6.92 Å². The molecule has 27 heavy (non-hydrogen) atoms. The fourth-order valence-corrected chi connectivity index (χ4v) is 4.14. The van der Waals surface area contributed by atoms with Crippen LogP contribution in [-0.4, -0.2) is 12.5 Å². The van der Waals surface area contributed by atoms with Gasteiger partial charge in [0.2, 0.25) is 5.91 Å². The summed E-state index contributed by atoms with van der Waals surface area (Å²) in [6.45, 7) is 4.76. The zero-order valence-electron chi connectivity index (χ0n) is 16.2. The van der Waals surface area contributed by atoms with Crippen molar-refractivity contribution >= 4 is 23.2 Å². The van der Waals surface area contributed by atoms with E-state index in [-0.39, 0.29) is 5.91 Å². The van der Waals surface area contributed by atoms with Gasteiger partial charge in [0.05, 0.1) is 17.0 Å². The molecule has 1 amide bonds. The van der Waals surface area contributed by atoms with Crippen LogP contribution in [0.15, 0.2) is 42.5 Å². The number of benzene rings is 2. The molecule has 1 saturated carbocycles. The molecule has 2 aromatic carbocycles. The Morgan fingerprint density at radius 2 is 1.93 bits per heavy atom. The number of nitrogens with one attached hydrogen (secondary N) is 1. The monoisotopic (exact) mass is 385 g/mol. The van der Waals surface area contributed by atoms with Crippen LogP contribution in [-0.2, 0) is 10.2 Å². The number of ether oxygens (including phenoxy) is 1. The quantitative estimate of drug-likeness (QED) is 0.635. The largest absolute Gasteiger partial charge is 0.492 e. The van der Waals surface area contributed by atoms with Crippen molar-refractivity contribution in [1.82, 2.24) is 0 Å². The first-order valence-corrected chi connectivity index (χ1v) is 10.2. The molecule has 1 aliphatic carbocycles. The third kappa shape index (κ3) is 4.47. The summed E-state index contributed by atoms with van der Waals surface area (Å²) in [4.78, 5) is 13.4. The predicted molar refractivity (Wildman–Crippen MR) is 112 cm³/mol. The van der Waals surface area contributed by atoms with Crippen LogP contribution in [0.2, 0.25) is 5.02 Å². The lowest BCUT2D eigenvalue weighted by atomic mass is 9.68. The van der Waals surface area contributed by atoms with Gasteiger partial charge in [-0.3, -0.25) is 4.79 Å². The molecule has 0 bridgehead atoms. The maximum atomic E-state index is 13.4. The van der Waals surface area contributed by atoms with Gasteiger partial charge in [0.1, 0.15) is 5.75 Å². The number of amides is 1. The van der Waals surface area contributed by atoms with Crippen molar-refractivity contribution in [1.29, 1.82) is 0 Å². The van der Waals surface area contributed by atoms with Crippen LogP contribution in [0.4, 0.5) is 5.69 Å². The van der Waals surface area contributed by atoms with E-state index in [1.54, 1.807) is 6.07 Å². The molecular formula is C23H28ClNO2. The molecular weight excluding hydrogens is 358 g/mol. The fraction of sp³-hybridized carbons (Fsp3) is 0.435. The molecule has 0 saturated heterocycles. The molecule has 0 radical (unpaired) electrons. The van der Waals surface area contributed by atoms with Gasteiger partial charge in [-0.15, -0.1) is 0 Å². The summed E-state index contributed by atoms with van der Waals surface area (Å²) in [7, 11) is 0. The van der Waals surface area contributed by atoms with Crippen molar-refractivity contribution in [3.05, 3.63) is 58.6 Å². The Kier molecular flexibility index (Phi) is 6.43. The van der Waals surface area contributed by atoms with E-state index in [1.165, 1.54) is 12.0 Å². The number of hydrogen-bond acceptors (Lipinski definition) is 2. The zero-order chi connectivity index (χ0) is 19.3. The Morgan fingerprint density at radius 1 is 1.15 bits per heavy atom. The molecule has 144 valence electrons. The molecule has 0 heterocycles. The van der Waals surface area contributed by atoms with Gasteiger partial charge in [0, 0.05) is 5.69 Å². The van der Waals surface area contributed by atoms with Crippen molar-refractivity contribution < 1.29 is 9.53 Å². The Labute approximate surface area is 167 Å². The third-order valence-corrected chi connectivity index (χ3v) is 5.66. The van der Waals surface area contributed by atoms with Crippen molar-refractivity contribution in [3.63, 3.8) is 0 Å². The van der Waals surface area contributed by atoms with E-state index >= 15 is 0 Å². The number of rotatable bonds is 6. The van der Waals surface area contributed by atoms with E-state index < -0.39 is 5.41 Å². The first kappa shape index (κ1) is 19.8. The molecule has 4 heteroatoms. The normalized spacial score (nSPS) is 16.0. The topological polar surface area (TPSA) is 38.3 Å². The lowest BCUT2D eigenvalue weighted by Crippen LogP contribution is -2.42. The number of aryl methyl sites for hydroxylation is 1. The highest BCUT2D eigenvalue weighted by atomic mass is 35.5. The highest BCUT2D eigenvalue weighted by molar-refractivity contribution is 6.32. The molecule has 2 aromatic rings. The van der Waals surface area contributed by atoms with Crippen LogP contribution in [0.25, 0.3) is 0 Å². The second-order valence-corrected chi connectivity index (χ2v) is 7.87. The van der Waals surface area contributed by atoms with Crippen molar-refractivity contribution in [3.8, 4) is 5.75 Å². The summed E-state index contributed by atoms with van der Waals surface area (Å²) in [6, 6.07) is 13.8. The average molecular weight is 386 g/mol. The van der Waals surface area contributed by atoms with Crippen LogP contribution in [0.5, 0.6) is 5.75 Å². The maximum absolute atomic E-state index is 13.4. The second kappa shape index (κ2) is 8.79. The molecule has 0 spiro atoms. The molecule has 0 unspecified atom stereocenters. The first-order valence-electron chi connectivity index (χ1n) is 9.86. The molecule has 1 aliphatic rings. The average Bonchev–Trinajstić information content (AvgIpc) is 2.68.